The van der Waals surface area contributed by atoms with E-state index in [0.29, 0.717) is 23.5 Å². The molecule has 2 aromatic carbocycles. The van der Waals surface area contributed by atoms with Gasteiger partial charge in [-0.15, -0.1) is 11.3 Å². The number of anilines is 2. The lowest BCUT2D eigenvalue weighted by atomic mass is 10.0. The Kier molecular flexibility index (Phi) is 6.24. The summed E-state index contributed by atoms with van der Waals surface area (Å²) >= 11 is 1.34. The van der Waals surface area contributed by atoms with E-state index in [1.807, 2.05) is 14.0 Å². The predicted molar refractivity (Wildman–Crippen MR) is 129 cm³/mol. The average molecular weight is 485 g/mol. The number of nitrogens with zero attached hydrogens (tertiary/aromatic N) is 1. The number of carbonyl (C=O) groups excluding carboxylic acids is 2. The minimum absolute atomic E-state index is 0.128. The standard InChI is InChI=1S/C23H24N4O4S2/c1-14-6-8-17(9-7-14)33(30,31)26-16-5-3-4-15(12-16)22(29)25-23-20(21(24)28)18-10-11-27(2)13-19(18)32-23/h3-9,12,26H,10-11,13H2,1-2H3,(H2,24,28)(H,25,29). The van der Waals surface area contributed by atoms with Crippen molar-refractivity contribution in [2.45, 2.75) is 24.8 Å². The highest BCUT2D eigenvalue weighted by Crippen LogP contribution is 2.37. The van der Waals surface area contributed by atoms with Gasteiger partial charge in [-0.05, 0) is 56.3 Å². The third-order valence-electron chi connectivity index (χ3n) is 5.43. The Morgan fingerprint density at radius 1 is 1.12 bits per heavy atom. The normalized spacial score (nSPS) is 13.9. The van der Waals surface area contributed by atoms with Gasteiger partial charge in [-0.2, -0.15) is 0 Å². The number of amides is 2. The fraction of sp³-hybridized carbons (Fsp3) is 0.217. The largest absolute Gasteiger partial charge is 0.365 e. The minimum Gasteiger partial charge on any atom is -0.365 e. The van der Waals surface area contributed by atoms with Gasteiger partial charge in [0.05, 0.1) is 10.5 Å². The van der Waals surface area contributed by atoms with Crippen LogP contribution in [0.1, 0.15) is 36.7 Å². The molecular weight excluding hydrogens is 460 g/mol. The number of fused-ring (bicyclic) bond motifs is 1. The van der Waals surface area contributed by atoms with Gasteiger partial charge in [-0.3, -0.25) is 14.3 Å². The average Bonchev–Trinajstić information content (AvgIpc) is 3.11. The summed E-state index contributed by atoms with van der Waals surface area (Å²) in [6, 6.07) is 12.7. The molecule has 0 unspecified atom stereocenters. The maximum absolute atomic E-state index is 12.9. The molecule has 4 N–H and O–H groups in total. The first kappa shape index (κ1) is 23.0. The van der Waals surface area contributed by atoms with Crippen LogP contribution in [0.5, 0.6) is 0 Å². The van der Waals surface area contributed by atoms with Crippen LogP contribution >= 0.6 is 11.3 Å². The van der Waals surface area contributed by atoms with E-state index < -0.39 is 21.8 Å². The summed E-state index contributed by atoms with van der Waals surface area (Å²) in [7, 11) is -1.81. The molecule has 0 saturated carbocycles. The topological polar surface area (TPSA) is 122 Å². The molecule has 4 rings (SSSR count). The van der Waals surface area contributed by atoms with Crippen molar-refractivity contribution >= 4 is 43.9 Å². The van der Waals surface area contributed by atoms with Crippen LogP contribution in [0.25, 0.3) is 0 Å². The summed E-state index contributed by atoms with van der Waals surface area (Å²) in [5.41, 5.74) is 8.31. The van der Waals surface area contributed by atoms with Gasteiger partial charge in [-0.1, -0.05) is 23.8 Å². The molecule has 8 nitrogen and oxygen atoms in total. The Morgan fingerprint density at radius 3 is 2.55 bits per heavy atom. The van der Waals surface area contributed by atoms with Crippen molar-refractivity contribution < 1.29 is 18.0 Å². The number of nitrogens with two attached hydrogens (primary N) is 1. The molecule has 0 radical (unpaired) electrons. The molecule has 1 aliphatic rings. The van der Waals surface area contributed by atoms with Crippen molar-refractivity contribution in [3.63, 3.8) is 0 Å². The third kappa shape index (κ3) is 4.92. The van der Waals surface area contributed by atoms with Crippen LogP contribution in [0.2, 0.25) is 0 Å². The first-order chi connectivity index (χ1) is 15.6. The molecule has 0 aliphatic carbocycles. The van der Waals surface area contributed by atoms with Crippen molar-refractivity contribution in [3.05, 3.63) is 75.7 Å². The van der Waals surface area contributed by atoms with Gasteiger partial charge in [0.1, 0.15) is 5.00 Å². The van der Waals surface area contributed by atoms with E-state index in [1.54, 1.807) is 30.3 Å². The number of primary amides is 1. The fourth-order valence-electron chi connectivity index (χ4n) is 3.71. The lowest BCUT2D eigenvalue weighted by Gasteiger charge is -2.22. The zero-order valence-electron chi connectivity index (χ0n) is 18.2. The highest BCUT2D eigenvalue weighted by atomic mass is 32.2. The van der Waals surface area contributed by atoms with Gasteiger partial charge in [-0.25, -0.2) is 8.42 Å². The van der Waals surface area contributed by atoms with Crippen LogP contribution in [-0.4, -0.2) is 38.7 Å². The Balaban J connectivity index is 1.57. The smallest absolute Gasteiger partial charge is 0.261 e. The molecule has 2 heterocycles. The highest BCUT2D eigenvalue weighted by Gasteiger charge is 2.27. The fourth-order valence-corrected chi connectivity index (χ4v) is 6.09. The molecular formula is C23H24N4O4S2. The third-order valence-corrected chi connectivity index (χ3v) is 7.96. The zero-order chi connectivity index (χ0) is 23.8. The molecule has 0 fully saturated rings. The Labute approximate surface area is 196 Å². The van der Waals surface area contributed by atoms with Crippen molar-refractivity contribution in [1.82, 2.24) is 4.90 Å². The second-order valence-corrected chi connectivity index (χ2v) is 10.8. The van der Waals surface area contributed by atoms with E-state index in [1.165, 1.54) is 29.5 Å². The number of sulfonamides is 1. The maximum atomic E-state index is 12.9. The van der Waals surface area contributed by atoms with Crippen molar-refractivity contribution in [3.8, 4) is 0 Å². The minimum atomic E-state index is -3.80. The predicted octanol–water partition coefficient (Wildman–Crippen LogP) is 3.20. The summed E-state index contributed by atoms with van der Waals surface area (Å²) < 4.78 is 27.9. The molecule has 0 spiro atoms. The summed E-state index contributed by atoms with van der Waals surface area (Å²) in [4.78, 5) is 28.3. The zero-order valence-corrected chi connectivity index (χ0v) is 19.8. The number of aryl methyl sites for hydroxylation is 1. The molecule has 33 heavy (non-hydrogen) atoms. The molecule has 0 bridgehead atoms. The number of benzene rings is 2. The first-order valence-corrected chi connectivity index (χ1v) is 12.6. The van der Waals surface area contributed by atoms with Crippen molar-refractivity contribution in [2.75, 3.05) is 23.6 Å². The van der Waals surface area contributed by atoms with Crippen molar-refractivity contribution in [1.29, 1.82) is 0 Å². The number of nitrogens with one attached hydrogen (secondary N) is 2. The summed E-state index contributed by atoms with van der Waals surface area (Å²) in [5.74, 6) is -1.03. The van der Waals surface area contributed by atoms with Gasteiger partial charge in [0, 0.05) is 29.2 Å². The number of hydrogen-bond donors (Lipinski definition) is 3. The van der Waals surface area contributed by atoms with E-state index in [0.717, 1.165) is 22.5 Å². The van der Waals surface area contributed by atoms with Gasteiger partial charge in [0.2, 0.25) is 0 Å². The summed E-state index contributed by atoms with van der Waals surface area (Å²) in [6.07, 6.45) is 0.687. The Bertz CT molecular complexity index is 1330. The van der Waals surface area contributed by atoms with Gasteiger partial charge >= 0.3 is 0 Å². The molecule has 10 heteroatoms. The SMILES string of the molecule is Cc1ccc(S(=O)(=O)Nc2cccc(C(=O)Nc3sc4c(c3C(N)=O)CCN(C)C4)c2)cc1. The van der Waals surface area contributed by atoms with Crippen LogP contribution in [0.3, 0.4) is 0 Å². The van der Waals surface area contributed by atoms with E-state index >= 15 is 0 Å². The van der Waals surface area contributed by atoms with Crippen LogP contribution in [0.15, 0.2) is 53.4 Å². The lowest BCUT2D eigenvalue weighted by molar-refractivity contribution is 0.1000. The Hall–Kier alpha value is -3.21. The van der Waals surface area contributed by atoms with Crippen LogP contribution in [0, 0.1) is 6.92 Å². The van der Waals surface area contributed by atoms with Gasteiger partial charge < -0.3 is 16.0 Å². The number of likely N-dealkylation sites (N-methyl/N-ethyl adjacent to an activating group) is 1. The summed E-state index contributed by atoms with van der Waals surface area (Å²) in [5, 5.41) is 3.21. The maximum Gasteiger partial charge on any atom is 0.261 e. The molecule has 1 aliphatic heterocycles. The molecule has 2 amide bonds. The molecule has 1 aromatic heterocycles. The highest BCUT2D eigenvalue weighted by molar-refractivity contribution is 7.92. The summed E-state index contributed by atoms with van der Waals surface area (Å²) in [6.45, 7) is 3.37. The number of rotatable bonds is 6. The molecule has 0 saturated heterocycles. The van der Waals surface area contributed by atoms with E-state index in [-0.39, 0.29) is 16.1 Å². The van der Waals surface area contributed by atoms with Crippen molar-refractivity contribution in [2.24, 2.45) is 5.73 Å². The Morgan fingerprint density at radius 2 is 1.85 bits per heavy atom. The quantitative estimate of drug-likeness (QED) is 0.496. The van der Waals surface area contributed by atoms with E-state index in [9.17, 15) is 18.0 Å². The molecule has 3 aromatic rings. The monoisotopic (exact) mass is 484 g/mol. The second-order valence-electron chi connectivity index (χ2n) is 8.01. The second kappa shape index (κ2) is 8.97. The van der Waals surface area contributed by atoms with E-state index in [2.05, 4.69) is 14.9 Å². The molecule has 0 atom stereocenters. The van der Waals surface area contributed by atoms with Crippen LogP contribution in [0.4, 0.5) is 10.7 Å². The van der Waals surface area contributed by atoms with Crippen LogP contribution in [-0.2, 0) is 23.0 Å². The van der Waals surface area contributed by atoms with E-state index in [4.69, 9.17) is 5.73 Å². The van der Waals surface area contributed by atoms with Gasteiger partial charge in [0.25, 0.3) is 21.8 Å². The van der Waals surface area contributed by atoms with Crippen LogP contribution < -0.4 is 15.8 Å². The number of hydrogen-bond acceptors (Lipinski definition) is 6. The van der Waals surface area contributed by atoms with Gasteiger partial charge in [0.15, 0.2) is 0 Å². The number of carbonyl (C=O) groups is 2. The number of thiophene rings is 1. The molecule has 172 valence electrons. The first-order valence-electron chi connectivity index (χ1n) is 10.3. The lowest BCUT2D eigenvalue weighted by Crippen LogP contribution is -2.27.